The van der Waals surface area contributed by atoms with Crippen LogP contribution in [0.25, 0.3) is 0 Å². The Morgan fingerprint density at radius 1 is 1.33 bits per heavy atom. The molecule has 0 bridgehead atoms. The first-order chi connectivity index (χ1) is 11.5. The van der Waals surface area contributed by atoms with Crippen molar-refractivity contribution in [2.24, 2.45) is 0 Å². The van der Waals surface area contributed by atoms with E-state index in [0.717, 1.165) is 5.03 Å². The third kappa shape index (κ3) is 5.57. The summed E-state index contributed by atoms with van der Waals surface area (Å²) >= 11 is 2.75. The van der Waals surface area contributed by atoms with Crippen molar-refractivity contribution in [1.82, 2.24) is 10.1 Å². The van der Waals surface area contributed by atoms with Crippen LogP contribution in [0.1, 0.15) is 12.7 Å². The Bertz CT molecular complexity index is 720. The van der Waals surface area contributed by atoms with Gasteiger partial charge in [0.2, 0.25) is 11.8 Å². The van der Waals surface area contributed by atoms with E-state index in [1.807, 2.05) is 6.26 Å². The SMILES string of the molecule is CSc1cc(NC(=O)CSC(C)C(=O)Nc2cc(C)on2)ccn1. The van der Waals surface area contributed by atoms with E-state index in [1.54, 1.807) is 38.2 Å². The molecule has 0 saturated heterocycles. The van der Waals surface area contributed by atoms with Crippen LogP contribution < -0.4 is 10.6 Å². The third-order valence-electron chi connectivity index (χ3n) is 2.94. The fourth-order valence-corrected chi connectivity index (χ4v) is 2.82. The molecule has 0 fully saturated rings. The molecule has 0 saturated carbocycles. The number of nitrogens with one attached hydrogen (secondary N) is 2. The molecule has 2 N–H and O–H groups in total. The zero-order valence-electron chi connectivity index (χ0n) is 13.5. The van der Waals surface area contributed by atoms with Crippen LogP contribution in [0.4, 0.5) is 11.5 Å². The number of pyridine rings is 1. The Kier molecular flexibility index (Phi) is 6.68. The summed E-state index contributed by atoms with van der Waals surface area (Å²) in [6.45, 7) is 3.48. The molecule has 1 unspecified atom stereocenters. The first-order valence-corrected chi connectivity index (χ1v) is 9.41. The summed E-state index contributed by atoms with van der Waals surface area (Å²) in [5.74, 6) is 0.760. The van der Waals surface area contributed by atoms with E-state index in [9.17, 15) is 9.59 Å². The van der Waals surface area contributed by atoms with Gasteiger partial charge in [-0.2, -0.15) is 0 Å². The number of nitrogens with zero attached hydrogens (tertiary/aromatic N) is 2. The second kappa shape index (κ2) is 8.74. The predicted octanol–water partition coefficient (Wildman–Crippen LogP) is 2.80. The number of rotatable bonds is 7. The Morgan fingerprint density at radius 2 is 2.12 bits per heavy atom. The standard InChI is InChI=1S/C15H18N4O3S2/c1-9-6-12(19-22-9)18-15(21)10(2)24-8-13(20)17-11-4-5-16-14(7-11)23-3/h4-7,10H,8H2,1-3H3,(H,16,17,20)(H,18,19,21). The normalized spacial score (nSPS) is 11.8. The number of carbonyl (C=O) groups is 2. The van der Waals surface area contributed by atoms with Crippen LogP contribution in [-0.2, 0) is 9.59 Å². The quantitative estimate of drug-likeness (QED) is 0.727. The Balaban J connectivity index is 1.78. The zero-order chi connectivity index (χ0) is 17.5. The summed E-state index contributed by atoms with van der Waals surface area (Å²) in [6.07, 6.45) is 3.56. The smallest absolute Gasteiger partial charge is 0.238 e. The van der Waals surface area contributed by atoms with E-state index < -0.39 is 5.25 Å². The Labute approximate surface area is 148 Å². The van der Waals surface area contributed by atoms with Crippen LogP contribution in [0, 0.1) is 6.92 Å². The number of anilines is 2. The first-order valence-electron chi connectivity index (χ1n) is 7.13. The number of thioether (sulfide) groups is 2. The van der Waals surface area contributed by atoms with Gasteiger partial charge < -0.3 is 15.2 Å². The zero-order valence-corrected chi connectivity index (χ0v) is 15.2. The van der Waals surface area contributed by atoms with Crippen molar-refractivity contribution in [1.29, 1.82) is 0 Å². The molecule has 7 nitrogen and oxygen atoms in total. The van der Waals surface area contributed by atoms with Gasteiger partial charge in [-0.3, -0.25) is 9.59 Å². The highest BCUT2D eigenvalue weighted by Crippen LogP contribution is 2.18. The molecule has 1 atom stereocenters. The van der Waals surface area contributed by atoms with E-state index in [4.69, 9.17) is 4.52 Å². The average molecular weight is 366 g/mol. The van der Waals surface area contributed by atoms with Gasteiger partial charge in [-0.1, -0.05) is 5.16 Å². The van der Waals surface area contributed by atoms with Crippen molar-refractivity contribution in [3.63, 3.8) is 0 Å². The van der Waals surface area contributed by atoms with Crippen molar-refractivity contribution in [3.8, 4) is 0 Å². The maximum absolute atomic E-state index is 12.0. The van der Waals surface area contributed by atoms with Gasteiger partial charge in [-0.05, 0) is 32.2 Å². The number of hydrogen-bond donors (Lipinski definition) is 2. The Morgan fingerprint density at radius 3 is 2.79 bits per heavy atom. The number of amides is 2. The van der Waals surface area contributed by atoms with E-state index in [1.165, 1.54) is 23.5 Å². The average Bonchev–Trinajstić information content (AvgIpc) is 2.97. The maximum Gasteiger partial charge on any atom is 0.238 e. The summed E-state index contributed by atoms with van der Waals surface area (Å²) in [4.78, 5) is 28.1. The van der Waals surface area contributed by atoms with Crippen molar-refractivity contribution in [2.75, 3.05) is 22.6 Å². The number of aryl methyl sites for hydroxylation is 1. The molecule has 2 amide bonds. The lowest BCUT2D eigenvalue weighted by Gasteiger charge is -2.10. The van der Waals surface area contributed by atoms with Gasteiger partial charge in [0.15, 0.2) is 5.82 Å². The fourth-order valence-electron chi connectivity index (χ4n) is 1.73. The molecular formula is C15H18N4O3S2. The number of carbonyl (C=O) groups excluding carboxylic acids is 2. The van der Waals surface area contributed by atoms with E-state index >= 15 is 0 Å². The van der Waals surface area contributed by atoms with Gasteiger partial charge in [0.1, 0.15) is 5.76 Å². The highest BCUT2D eigenvalue weighted by Gasteiger charge is 2.17. The van der Waals surface area contributed by atoms with Gasteiger partial charge in [0, 0.05) is 18.0 Å². The summed E-state index contributed by atoms with van der Waals surface area (Å²) in [6, 6.07) is 5.16. The molecule has 0 aromatic carbocycles. The minimum atomic E-state index is -0.396. The van der Waals surface area contributed by atoms with Crippen LogP contribution >= 0.6 is 23.5 Å². The lowest BCUT2D eigenvalue weighted by Crippen LogP contribution is -2.25. The lowest BCUT2D eigenvalue weighted by atomic mass is 10.4. The molecule has 2 heterocycles. The predicted molar refractivity (Wildman–Crippen MR) is 96.4 cm³/mol. The molecule has 0 aliphatic heterocycles. The van der Waals surface area contributed by atoms with E-state index in [0.29, 0.717) is 17.3 Å². The lowest BCUT2D eigenvalue weighted by molar-refractivity contribution is -0.115. The molecule has 0 spiro atoms. The molecule has 2 aromatic rings. The van der Waals surface area contributed by atoms with Crippen LogP contribution in [-0.4, -0.2) is 39.2 Å². The largest absolute Gasteiger partial charge is 0.360 e. The molecule has 0 radical (unpaired) electrons. The van der Waals surface area contributed by atoms with E-state index in [2.05, 4.69) is 20.8 Å². The second-order valence-electron chi connectivity index (χ2n) is 4.90. The highest BCUT2D eigenvalue weighted by molar-refractivity contribution is 8.01. The molecule has 0 aliphatic carbocycles. The second-order valence-corrected chi connectivity index (χ2v) is 7.06. The van der Waals surface area contributed by atoms with Crippen LogP contribution in [0.2, 0.25) is 0 Å². The highest BCUT2D eigenvalue weighted by atomic mass is 32.2. The third-order valence-corrected chi connectivity index (χ3v) is 4.73. The van der Waals surface area contributed by atoms with Gasteiger partial charge >= 0.3 is 0 Å². The molecule has 24 heavy (non-hydrogen) atoms. The molecule has 128 valence electrons. The minimum Gasteiger partial charge on any atom is -0.360 e. The van der Waals surface area contributed by atoms with Crippen LogP contribution in [0.15, 0.2) is 33.9 Å². The summed E-state index contributed by atoms with van der Waals surface area (Å²) in [5.41, 5.74) is 0.690. The number of hydrogen-bond acceptors (Lipinski definition) is 7. The van der Waals surface area contributed by atoms with Crippen molar-refractivity contribution < 1.29 is 14.1 Å². The minimum absolute atomic E-state index is 0.170. The molecule has 9 heteroatoms. The monoisotopic (exact) mass is 366 g/mol. The Hall–Kier alpha value is -2.00. The molecule has 2 rings (SSSR count). The maximum atomic E-state index is 12.0. The molecule has 2 aromatic heterocycles. The first kappa shape index (κ1) is 18.3. The summed E-state index contributed by atoms with van der Waals surface area (Å²) < 4.78 is 4.89. The van der Waals surface area contributed by atoms with Crippen molar-refractivity contribution in [3.05, 3.63) is 30.2 Å². The topological polar surface area (TPSA) is 97.1 Å². The molecule has 0 aliphatic rings. The van der Waals surface area contributed by atoms with Crippen molar-refractivity contribution in [2.45, 2.75) is 24.1 Å². The summed E-state index contributed by atoms with van der Waals surface area (Å²) in [5, 5.41) is 9.57. The summed E-state index contributed by atoms with van der Waals surface area (Å²) in [7, 11) is 0. The van der Waals surface area contributed by atoms with Crippen molar-refractivity contribution >= 4 is 46.8 Å². The van der Waals surface area contributed by atoms with Gasteiger partial charge in [0.25, 0.3) is 0 Å². The van der Waals surface area contributed by atoms with Gasteiger partial charge in [-0.15, -0.1) is 23.5 Å². The van der Waals surface area contributed by atoms with Crippen LogP contribution in [0.5, 0.6) is 0 Å². The van der Waals surface area contributed by atoms with Gasteiger partial charge in [0.05, 0.1) is 16.0 Å². The number of aromatic nitrogens is 2. The van der Waals surface area contributed by atoms with Gasteiger partial charge in [-0.25, -0.2) is 4.98 Å². The van der Waals surface area contributed by atoms with E-state index in [-0.39, 0.29) is 17.6 Å². The van der Waals surface area contributed by atoms with Crippen LogP contribution in [0.3, 0.4) is 0 Å². The molecular weight excluding hydrogens is 348 g/mol. The fraction of sp³-hybridized carbons (Fsp3) is 0.333.